The number of likely N-dealkylation sites (N-methyl/N-ethyl adjacent to an activating group) is 2. The Morgan fingerprint density at radius 2 is 1.94 bits per heavy atom. The number of piperidine rings is 1. The largest absolute Gasteiger partial charge is 0.313 e. The van der Waals surface area contributed by atoms with Gasteiger partial charge >= 0.3 is 0 Å². The number of hydrogen-bond acceptors (Lipinski definition) is 2. The molecule has 0 radical (unpaired) electrons. The molecule has 0 bridgehead atoms. The van der Waals surface area contributed by atoms with Gasteiger partial charge in [0.15, 0.2) is 0 Å². The van der Waals surface area contributed by atoms with Crippen LogP contribution in [0.1, 0.15) is 31.7 Å². The van der Waals surface area contributed by atoms with E-state index in [0.717, 1.165) is 13.1 Å². The van der Waals surface area contributed by atoms with Gasteiger partial charge in [0.05, 0.1) is 0 Å². The Balaban J connectivity index is 2.06. The van der Waals surface area contributed by atoms with Gasteiger partial charge in [-0.25, -0.2) is 0 Å². The van der Waals surface area contributed by atoms with E-state index in [4.69, 9.17) is 0 Å². The Bertz CT molecular complexity index is 323. The lowest BCUT2D eigenvalue weighted by Gasteiger charge is -2.37. The van der Waals surface area contributed by atoms with E-state index < -0.39 is 0 Å². The van der Waals surface area contributed by atoms with E-state index in [1.165, 1.54) is 25.1 Å². The van der Waals surface area contributed by atoms with Crippen LogP contribution in [0.4, 0.5) is 0 Å². The second kappa shape index (κ2) is 6.18. The number of nitrogens with one attached hydrogen (secondary N) is 1. The first-order chi connectivity index (χ1) is 8.33. The summed E-state index contributed by atoms with van der Waals surface area (Å²) >= 11 is 0. The zero-order valence-corrected chi connectivity index (χ0v) is 11.0. The number of rotatable bonds is 4. The molecule has 94 valence electrons. The van der Waals surface area contributed by atoms with E-state index >= 15 is 0 Å². The standard InChI is InChI=1S/C15H24N2/c1-3-16-15-10-14(11-17(4-2)12-15)13-8-6-5-7-9-13/h5-9,14-16H,3-4,10-12H2,1-2H3. The van der Waals surface area contributed by atoms with E-state index in [0.29, 0.717) is 12.0 Å². The third-order valence-corrected chi connectivity index (χ3v) is 3.74. The molecule has 2 unspecified atom stereocenters. The van der Waals surface area contributed by atoms with Crippen LogP contribution in [0.3, 0.4) is 0 Å². The molecule has 17 heavy (non-hydrogen) atoms. The zero-order valence-electron chi connectivity index (χ0n) is 11.0. The van der Waals surface area contributed by atoms with Gasteiger partial charge in [-0.1, -0.05) is 44.2 Å². The van der Waals surface area contributed by atoms with Crippen molar-refractivity contribution in [2.45, 2.75) is 32.2 Å². The Kier molecular flexibility index (Phi) is 4.57. The molecule has 1 heterocycles. The molecule has 2 atom stereocenters. The second-order valence-corrected chi connectivity index (χ2v) is 4.95. The number of hydrogen-bond donors (Lipinski definition) is 1. The minimum atomic E-state index is 0.652. The molecule has 1 saturated heterocycles. The number of benzene rings is 1. The number of nitrogens with zero attached hydrogens (tertiary/aromatic N) is 1. The summed E-state index contributed by atoms with van der Waals surface area (Å²) in [5, 5.41) is 3.61. The monoisotopic (exact) mass is 232 g/mol. The SMILES string of the molecule is CCNC1CC(c2ccccc2)CN(CC)C1. The predicted molar refractivity (Wildman–Crippen MR) is 73.4 cm³/mol. The van der Waals surface area contributed by atoms with Gasteiger partial charge in [-0.15, -0.1) is 0 Å². The highest BCUT2D eigenvalue weighted by Crippen LogP contribution is 2.26. The molecule has 2 heteroatoms. The normalized spacial score (nSPS) is 26.0. The van der Waals surface area contributed by atoms with Crippen LogP contribution < -0.4 is 5.32 Å². The molecule has 1 aromatic rings. The number of likely N-dealkylation sites (tertiary alicyclic amines) is 1. The van der Waals surface area contributed by atoms with E-state index in [1.54, 1.807) is 0 Å². The third kappa shape index (κ3) is 3.30. The summed E-state index contributed by atoms with van der Waals surface area (Å²) in [7, 11) is 0. The van der Waals surface area contributed by atoms with Gasteiger partial charge in [-0.3, -0.25) is 0 Å². The third-order valence-electron chi connectivity index (χ3n) is 3.74. The summed E-state index contributed by atoms with van der Waals surface area (Å²) in [5.41, 5.74) is 1.49. The van der Waals surface area contributed by atoms with Crippen LogP contribution in [0.2, 0.25) is 0 Å². The van der Waals surface area contributed by atoms with Gasteiger partial charge in [0, 0.05) is 19.1 Å². The first kappa shape index (κ1) is 12.6. The van der Waals surface area contributed by atoms with E-state index in [1.807, 2.05) is 0 Å². The molecule has 0 spiro atoms. The highest BCUT2D eigenvalue weighted by atomic mass is 15.2. The van der Waals surface area contributed by atoms with Gasteiger partial charge in [-0.2, -0.15) is 0 Å². The Hall–Kier alpha value is -0.860. The molecule has 1 fully saturated rings. The van der Waals surface area contributed by atoms with E-state index in [9.17, 15) is 0 Å². The summed E-state index contributed by atoms with van der Waals surface area (Å²) in [5.74, 6) is 0.689. The highest BCUT2D eigenvalue weighted by molar-refractivity contribution is 5.21. The van der Waals surface area contributed by atoms with Crippen molar-refractivity contribution in [3.05, 3.63) is 35.9 Å². The van der Waals surface area contributed by atoms with Crippen molar-refractivity contribution in [1.82, 2.24) is 10.2 Å². The molecule has 1 N–H and O–H groups in total. The molecule has 1 aromatic carbocycles. The van der Waals surface area contributed by atoms with Crippen molar-refractivity contribution in [2.75, 3.05) is 26.2 Å². The lowest BCUT2D eigenvalue weighted by atomic mass is 9.88. The van der Waals surface area contributed by atoms with Gasteiger partial charge in [0.2, 0.25) is 0 Å². The summed E-state index contributed by atoms with van der Waals surface area (Å²) in [6.07, 6.45) is 1.27. The summed E-state index contributed by atoms with van der Waals surface area (Å²) in [6.45, 7) is 9.10. The van der Waals surface area contributed by atoms with Gasteiger partial charge in [0.1, 0.15) is 0 Å². The molecular weight excluding hydrogens is 208 g/mol. The molecular formula is C15H24N2. The van der Waals surface area contributed by atoms with Crippen molar-refractivity contribution in [3.63, 3.8) is 0 Å². The smallest absolute Gasteiger partial charge is 0.0201 e. The van der Waals surface area contributed by atoms with Gasteiger partial charge in [-0.05, 0) is 31.0 Å². The highest BCUT2D eigenvalue weighted by Gasteiger charge is 2.26. The molecule has 0 aliphatic carbocycles. The molecule has 0 saturated carbocycles. The van der Waals surface area contributed by atoms with Crippen molar-refractivity contribution in [2.24, 2.45) is 0 Å². The Morgan fingerprint density at radius 1 is 1.18 bits per heavy atom. The first-order valence-corrected chi connectivity index (χ1v) is 6.84. The molecule has 0 amide bonds. The topological polar surface area (TPSA) is 15.3 Å². The Morgan fingerprint density at radius 3 is 2.59 bits per heavy atom. The molecule has 0 aromatic heterocycles. The van der Waals surface area contributed by atoms with E-state index in [-0.39, 0.29) is 0 Å². The minimum Gasteiger partial charge on any atom is -0.313 e. The van der Waals surface area contributed by atoms with Crippen LogP contribution in [-0.4, -0.2) is 37.1 Å². The molecule has 2 rings (SSSR count). The second-order valence-electron chi connectivity index (χ2n) is 4.95. The molecule has 1 aliphatic rings. The Labute approximate surface area is 105 Å². The quantitative estimate of drug-likeness (QED) is 0.858. The predicted octanol–water partition coefficient (Wildman–Crippen LogP) is 2.47. The van der Waals surface area contributed by atoms with Crippen LogP contribution in [0, 0.1) is 0 Å². The van der Waals surface area contributed by atoms with Gasteiger partial charge in [0.25, 0.3) is 0 Å². The lowest BCUT2D eigenvalue weighted by molar-refractivity contribution is 0.180. The minimum absolute atomic E-state index is 0.652. The maximum atomic E-state index is 3.61. The average Bonchev–Trinajstić information content (AvgIpc) is 2.40. The van der Waals surface area contributed by atoms with Crippen molar-refractivity contribution >= 4 is 0 Å². The average molecular weight is 232 g/mol. The summed E-state index contributed by atoms with van der Waals surface area (Å²) in [6, 6.07) is 11.6. The lowest BCUT2D eigenvalue weighted by Crippen LogP contribution is -2.48. The van der Waals surface area contributed by atoms with Crippen LogP contribution >= 0.6 is 0 Å². The summed E-state index contributed by atoms with van der Waals surface area (Å²) in [4.78, 5) is 2.56. The fraction of sp³-hybridized carbons (Fsp3) is 0.600. The van der Waals surface area contributed by atoms with Crippen molar-refractivity contribution in [1.29, 1.82) is 0 Å². The maximum Gasteiger partial charge on any atom is 0.0201 e. The summed E-state index contributed by atoms with van der Waals surface area (Å²) < 4.78 is 0. The van der Waals surface area contributed by atoms with E-state index in [2.05, 4.69) is 54.4 Å². The van der Waals surface area contributed by atoms with Gasteiger partial charge < -0.3 is 10.2 Å². The fourth-order valence-electron chi connectivity index (χ4n) is 2.85. The molecule has 1 aliphatic heterocycles. The van der Waals surface area contributed by atoms with Crippen molar-refractivity contribution in [3.8, 4) is 0 Å². The van der Waals surface area contributed by atoms with Crippen LogP contribution in [0.25, 0.3) is 0 Å². The first-order valence-electron chi connectivity index (χ1n) is 6.84. The molecule has 2 nitrogen and oxygen atoms in total. The van der Waals surface area contributed by atoms with Crippen LogP contribution in [0.5, 0.6) is 0 Å². The van der Waals surface area contributed by atoms with Crippen LogP contribution in [-0.2, 0) is 0 Å². The zero-order chi connectivity index (χ0) is 12.1. The van der Waals surface area contributed by atoms with Crippen molar-refractivity contribution < 1.29 is 0 Å². The fourth-order valence-corrected chi connectivity index (χ4v) is 2.85. The van der Waals surface area contributed by atoms with Crippen LogP contribution in [0.15, 0.2) is 30.3 Å². The maximum absolute atomic E-state index is 3.61.